The van der Waals surface area contributed by atoms with E-state index >= 15 is 0 Å². The zero-order chi connectivity index (χ0) is 12.3. The van der Waals surface area contributed by atoms with Crippen LogP contribution in [0.2, 0.25) is 5.02 Å². The van der Waals surface area contributed by atoms with Gasteiger partial charge in [0.1, 0.15) is 5.00 Å². The third-order valence-electron chi connectivity index (χ3n) is 1.95. The molecule has 0 fully saturated rings. The molecule has 0 spiro atoms. The molecule has 17 heavy (non-hydrogen) atoms. The number of anilines is 2. The van der Waals surface area contributed by atoms with Gasteiger partial charge in [-0.1, -0.05) is 17.7 Å². The van der Waals surface area contributed by atoms with Gasteiger partial charge in [0, 0.05) is 10.7 Å². The van der Waals surface area contributed by atoms with Crippen molar-refractivity contribution >= 4 is 39.9 Å². The maximum absolute atomic E-state index is 11.6. The van der Waals surface area contributed by atoms with Crippen LogP contribution in [0.25, 0.3) is 0 Å². The largest absolute Gasteiger partial charge is 0.324 e. The number of urea groups is 1. The molecule has 2 N–H and O–H groups in total. The van der Waals surface area contributed by atoms with E-state index in [1.54, 1.807) is 24.3 Å². The summed E-state index contributed by atoms with van der Waals surface area (Å²) in [6.45, 7) is 1.87. The standard InChI is InChI=1S/C11H10ClN3OS/c1-7-5-10(17-15-7)14-11(16)13-9-4-2-3-8(12)6-9/h2-6H,1H3,(H2,13,14,16). The Morgan fingerprint density at radius 3 is 2.82 bits per heavy atom. The number of amides is 2. The Hall–Kier alpha value is -1.59. The number of aryl methyl sites for hydroxylation is 1. The number of hydrogen-bond acceptors (Lipinski definition) is 3. The number of nitrogens with zero attached hydrogens (tertiary/aromatic N) is 1. The van der Waals surface area contributed by atoms with Gasteiger partial charge in [-0.15, -0.1) is 0 Å². The molecule has 88 valence electrons. The van der Waals surface area contributed by atoms with Crippen LogP contribution in [0.4, 0.5) is 15.5 Å². The van der Waals surface area contributed by atoms with E-state index in [4.69, 9.17) is 11.6 Å². The molecule has 1 aromatic heterocycles. The summed E-state index contributed by atoms with van der Waals surface area (Å²) in [6, 6.07) is 8.47. The summed E-state index contributed by atoms with van der Waals surface area (Å²) in [7, 11) is 0. The Morgan fingerprint density at radius 1 is 1.35 bits per heavy atom. The number of nitrogens with one attached hydrogen (secondary N) is 2. The van der Waals surface area contributed by atoms with Gasteiger partial charge >= 0.3 is 6.03 Å². The summed E-state index contributed by atoms with van der Waals surface area (Å²) in [5, 5.41) is 6.67. The number of carbonyl (C=O) groups is 1. The molecule has 0 saturated heterocycles. The van der Waals surface area contributed by atoms with Crippen LogP contribution in [0.1, 0.15) is 5.69 Å². The van der Waals surface area contributed by atoms with Gasteiger partial charge in [0.15, 0.2) is 0 Å². The number of aromatic nitrogens is 1. The number of hydrogen-bond donors (Lipinski definition) is 2. The third-order valence-corrected chi connectivity index (χ3v) is 2.98. The van der Waals surface area contributed by atoms with Crippen LogP contribution < -0.4 is 10.6 Å². The molecule has 0 atom stereocenters. The van der Waals surface area contributed by atoms with Crippen molar-refractivity contribution in [2.24, 2.45) is 0 Å². The predicted octanol–water partition coefficient (Wildman–Crippen LogP) is 3.75. The number of halogens is 1. The van der Waals surface area contributed by atoms with E-state index in [9.17, 15) is 4.79 Å². The smallest absolute Gasteiger partial charge is 0.308 e. The summed E-state index contributed by atoms with van der Waals surface area (Å²) >= 11 is 7.06. The minimum absolute atomic E-state index is 0.309. The van der Waals surface area contributed by atoms with Crippen molar-refractivity contribution in [3.8, 4) is 0 Å². The molecule has 4 nitrogen and oxygen atoms in total. The fraction of sp³-hybridized carbons (Fsp3) is 0.0909. The number of benzene rings is 1. The van der Waals surface area contributed by atoms with E-state index in [0.717, 1.165) is 5.69 Å². The van der Waals surface area contributed by atoms with Crippen molar-refractivity contribution in [3.05, 3.63) is 41.0 Å². The lowest BCUT2D eigenvalue weighted by Crippen LogP contribution is -2.18. The normalized spacial score (nSPS) is 10.0. The van der Waals surface area contributed by atoms with Crippen molar-refractivity contribution in [1.29, 1.82) is 0 Å². The summed E-state index contributed by atoms with van der Waals surface area (Å²) in [6.07, 6.45) is 0. The highest BCUT2D eigenvalue weighted by Gasteiger charge is 2.04. The highest BCUT2D eigenvalue weighted by Crippen LogP contribution is 2.17. The van der Waals surface area contributed by atoms with Gasteiger partial charge in [0.05, 0.1) is 5.69 Å². The zero-order valence-electron chi connectivity index (χ0n) is 9.03. The van der Waals surface area contributed by atoms with Gasteiger partial charge in [0.2, 0.25) is 0 Å². The summed E-state index contributed by atoms with van der Waals surface area (Å²) in [4.78, 5) is 11.6. The van der Waals surface area contributed by atoms with Crippen LogP contribution >= 0.6 is 23.1 Å². The summed E-state index contributed by atoms with van der Waals surface area (Å²) in [5.74, 6) is 0. The van der Waals surface area contributed by atoms with Crippen LogP contribution in [0.15, 0.2) is 30.3 Å². The van der Waals surface area contributed by atoms with Gasteiger partial charge in [-0.2, -0.15) is 4.37 Å². The molecule has 2 rings (SSSR count). The van der Waals surface area contributed by atoms with Crippen LogP contribution in [-0.2, 0) is 0 Å². The second kappa shape index (κ2) is 5.16. The maximum atomic E-state index is 11.6. The molecule has 0 unspecified atom stereocenters. The van der Waals surface area contributed by atoms with E-state index < -0.39 is 0 Å². The molecule has 0 bridgehead atoms. The van der Waals surface area contributed by atoms with E-state index in [1.807, 2.05) is 13.0 Å². The molecule has 0 aliphatic rings. The minimum atomic E-state index is -0.309. The predicted molar refractivity (Wildman–Crippen MR) is 70.9 cm³/mol. The Labute approximate surface area is 108 Å². The third kappa shape index (κ3) is 3.44. The number of carbonyl (C=O) groups excluding carboxylic acids is 1. The first-order valence-electron chi connectivity index (χ1n) is 4.90. The molecule has 6 heteroatoms. The Kier molecular flexibility index (Phi) is 3.61. The average molecular weight is 268 g/mol. The Balaban J connectivity index is 1.98. The topological polar surface area (TPSA) is 54.0 Å². The first-order valence-corrected chi connectivity index (χ1v) is 6.05. The molecular formula is C11H10ClN3OS. The monoisotopic (exact) mass is 267 g/mol. The van der Waals surface area contributed by atoms with Crippen molar-refractivity contribution in [2.75, 3.05) is 10.6 Å². The highest BCUT2D eigenvalue weighted by molar-refractivity contribution is 7.10. The molecule has 0 saturated carbocycles. The molecule has 0 aliphatic heterocycles. The van der Waals surface area contributed by atoms with Crippen molar-refractivity contribution in [1.82, 2.24) is 4.37 Å². The van der Waals surface area contributed by atoms with E-state index in [0.29, 0.717) is 15.7 Å². The second-order valence-electron chi connectivity index (χ2n) is 3.42. The van der Waals surface area contributed by atoms with Gasteiger partial charge in [-0.3, -0.25) is 5.32 Å². The molecule has 0 radical (unpaired) electrons. The van der Waals surface area contributed by atoms with Crippen LogP contribution in [0, 0.1) is 6.92 Å². The first kappa shape index (κ1) is 11.9. The zero-order valence-corrected chi connectivity index (χ0v) is 10.6. The molecular weight excluding hydrogens is 258 g/mol. The van der Waals surface area contributed by atoms with Gasteiger partial charge in [0.25, 0.3) is 0 Å². The SMILES string of the molecule is Cc1cc(NC(=O)Nc2cccc(Cl)c2)sn1. The van der Waals surface area contributed by atoms with Crippen LogP contribution in [0.3, 0.4) is 0 Å². The van der Waals surface area contributed by atoms with Crippen molar-refractivity contribution < 1.29 is 4.79 Å². The van der Waals surface area contributed by atoms with Crippen molar-refractivity contribution in [2.45, 2.75) is 6.92 Å². The highest BCUT2D eigenvalue weighted by atomic mass is 35.5. The van der Waals surface area contributed by atoms with Gasteiger partial charge in [-0.25, -0.2) is 4.79 Å². The molecule has 1 heterocycles. The van der Waals surface area contributed by atoms with Crippen LogP contribution in [-0.4, -0.2) is 10.4 Å². The molecule has 0 aliphatic carbocycles. The van der Waals surface area contributed by atoms with Gasteiger partial charge in [-0.05, 0) is 42.7 Å². The fourth-order valence-corrected chi connectivity index (χ4v) is 2.11. The lowest BCUT2D eigenvalue weighted by Gasteiger charge is -2.05. The lowest BCUT2D eigenvalue weighted by molar-refractivity contribution is 0.262. The lowest BCUT2D eigenvalue weighted by atomic mass is 10.3. The number of rotatable bonds is 2. The molecule has 2 aromatic rings. The molecule has 2 amide bonds. The van der Waals surface area contributed by atoms with E-state index in [-0.39, 0.29) is 6.03 Å². The second-order valence-corrected chi connectivity index (χ2v) is 4.66. The Bertz CT molecular complexity index is 541. The van der Waals surface area contributed by atoms with Crippen molar-refractivity contribution in [3.63, 3.8) is 0 Å². The Morgan fingerprint density at radius 2 is 2.18 bits per heavy atom. The quantitative estimate of drug-likeness (QED) is 0.871. The average Bonchev–Trinajstić information content (AvgIpc) is 2.63. The summed E-state index contributed by atoms with van der Waals surface area (Å²) < 4.78 is 4.07. The maximum Gasteiger partial charge on any atom is 0.324 e. The van der Waals surface area contributed by atoms with E-state index in [2.05, 4.69) is 15.0 Å². The van der Waals surface area contributed by atoms with E-state index in [1.165, 1.54) is 11.5 Å². The summed E-state index contributed by atoms with van der Waals surface area (Å²) in [5.41, 5.74) is 1.53. The van der Waals surface area contributed by atoms with Crippen LogP contribution in [0.5, 0.6) is 0 Å². The van der Waals surface area contributed by atoms with Gasteiger partial charge < -0.3 is 5.32 Å². The minimum Gasteiger partial charge on any atom is -0.308 e. The first-order chi connectivity index (χ1) is 8.13. The molecule has 1 aromatic carbocycles. The fourth-order valence-electron chi connectivity index (χ4n) is 1.26.